The summed E-state index contributed by atoms with van der Waals surface area (Å²) in [4.78, 5) is 7.20. The van der Waals surface area contributed by atoms with Gasteiger partial charge in [0.1, 0.15) is 5.65 Å². The van der Waals surface area contributed by atoms with Crippen molar-refractivity contribution in [1.82, 2.24) is 9.97 Å². The number of fused-ring (bicyclic) bond motifs is 1. The molecule has 1 aromatic carbocycles. The van der Waals surface area contributed by atoms with Crippen molar-refractivity contribution >= 4 is 23.6 Å². The average Bonchev–Trinajstić information content (AvgIpc) is 2.82. The van der Waals surface area contributed by atoms with Gasteiger partial charge in [0, 0.05) is 28.8 Å². The lowest BCUT2D eigenvalue weighted by molar-refractivity contribution is 0.426. The summed E-state index contributed by atoms with van der Waals surface area (Å²) in [6.07, 6.45) is 3.33. The first-order valence-electron chi connectivity index (χ1n) is 5.64. The number of nitrogens with zero attached hydrogens (tertiary/aromatic N) is 1. The summed E-state index contributed by atoms with van der Waals surface area (Å²) in [5, 5.41) is 19.3. The molecule has 2 heterocycles. The Morgan fingerprint density at radius 2 is 1.83 bits per heavy atom. The number of pyridine rings is 1. The molecule has 4 nitrogen and oxygen atoms in total. The number of benzene rings is 1. The Bertz CT molecular complexity index is 680. The standard InChI is InChI=1S/C13H11BN2O2/c17-14(18)12-8-16-13-11(12)6-10(7-15-13)9-4-2-1-3-5-9/h1-8,17-18H,(H,15,16). The van der Waals surface area contributed by atoms with Gasteiger partial charge in [-0.25, -0.2) is 4.98 Å². The molecular formula is C13H11BN2O2. The number of nitrogens with one attached hydrogen (secondary N) is 1. The van der Waals surface area contributed by atoms with Crippen LogP contribution in [0.1, 0.15) is 0 Å². The molecule has 0 radical (unpaired) electrons. The van der Waals surface area contributed by atoms with E-state index in [1.807, 2.05) is 36.4 Å². The van der Waals surface area contributed by atoms with Crippen molar-refractivity contribution in [3.8, 4) is 11.1 Å². The van der Waals surface area contributed by atoms with E-state index in [2.05, 4.69) is 9.97 Å². The Morgan fingerprint density at radius 1 is 1.06 bits per heavy atom. The maximum absolute atomic E-state index is 9.28. The minimum absolute atomic E-state index is 0.440. The monoisotopic (exact) mass is 238 g/mol. The predicted octanol–water partition coefficient (Wildman–Crippen LogP) is 0.910. The van der Waals surface area contributed by atoms with E-state index in [0.717, 1.165) is 16.5 Å². The van der Waals surface area contributed by atoms with Crippen molar-refractivity contribution in [2.75, 3.05) is 0 Å². The van der Waals surface area contributed by atoms with Gasteiger partial charge in [-0.3, -0.25) is 0 Å². The number of aromatic amines is 1. The second-order valence-electron chi connectivity index (χ2n) is 4.10. The summed E-state index contributed by atoms with van der Waals surface area (Å²) < 4.78 is 0. The lowest BCUT2D eigenvalue weighted by Gasteiger charge is -2.02. The van der Waals surface area contributed by atoms with Gasteiger partial charge in [0.05, 0.1) is 0 Å². The number of hydrogen-bond donors (Lipinski definition) is 3. The van der Waals surface area contributed by atoms with Crippen LogP contribution in [0.25, 0.3) is 22.2 Å². The van der Waals surface area contributed by atoms with Crippen molar-refractivity contribution < 1.29 is 10.0 Å². The Labute approximate surface area is 104 Å². The molecule has 0 aliphatic rings. The third-order valence-corrected chi connectivity index (χ3v) is 2.95. The van der Waals surface area contributed by atoms with Crippen LogP contribution in [0, 0.1) is 0 Å². The molecular weight excluding hydrogens is 227 g/mol. The largest absolute Gasteiger partial charge is 0.490 e. The molecule has 0 spiro atoms. The molecule has 3 rings (SSSR count). The molecule has 0 aliphatic carbocycles. The second kappa shape index (κ2) is 4.29. The smallest absolute Gasteiger partial charge is 0.423 e. The molecule has 5 heteroatoms. The van der Waals surface area contributed by atoms with E-state index in [-0.39, 0.29) is 0 Å². The highest BCUT2D eigenvalue weighted by Crippen LogP contribution is 2.21. The van der Waals surface area contributed by atoms with Crippen LogP contribution in [-0.4, -0.2) is 27.1 Å². The van der Waals surface area contributed by atoms with Gasteiger partial charge >= 0.3 is 7.12 Å². The fourth-order valence-electron chi connectivity index (χ4n) is 2.03. The molecule has 3 aromatic rings. The van der Waals surface area contributed by atoms with Crippen LogP contribution in [0.15, 0.2) is 48.8 Å². The minimum atomic E-state index is -1.49. The molecule has 0 amide bonds. The van der Waals surface area contributed by atoms with Crippen molar-refractivity contribution in [3.05, 3.63) is 48.8 Å². The van der Waals surface area contributed by atoms with Crippen molar-refractivity contribution in [2.24, 2.45) is 0 Å². The molecule has 0 bridgehead atoms. The molecule has 0 fully saturated rings. The summed E-state index contributed by atoms with van der Waals surface area (Å²) >= 11 is 0. The number of hydrogen-bond acceptors (Lipinski definition) is 3. The minimum Gasteiger partial charge on any atom is -0.423 e. The lowest BCUT2D eigenvalue weighted by Crippen LogP contribution is -2.28. The van der Waals surface area contributed by atoms with Gasteiger partial charge in [0.2, 0.25) is 0 Å². The van der Waals surface area contributed by atoms with Gasteiger partial charge in [-0.15, -0.1) is 0 Å². The maximum atomic E-state index is 9.28. The van der Waals surface area contributed by atoms with Crippen LogP contribution in [0.3, 0.4) is 0 Å². The first-order valence-corrected chi connectivity index (χ1v) is 5.64. The van der Waals surface area contributed by atoms with Gasteiger partial charge in [-0.05, 0) is 11.6 Å². The zero-order valence-corrected chi connectivity index (χ0v) is 9.54. The molecule has 2 aromatic heterocycles. The van der Waals surface area contributed by atoms with Crippen LogP contribution >= 0.6 is 0 Å². The van der Waals surface area contributed by atoms with E-state index in [4.69, 9.17) is 0 Å². The highest BCUT2D eigenvalue weighted by molar-refractivity contribution is 6.62. The van der Waals surface area contributed by atoms with Gasteiger partial charge in [-0.2, -0.15) is 0 Å². The molecule has 3 N–H and O–H groups in total. The van der Waals surface area contributed by atoms with Crippen LogP contribution in [0.4, 0.5) is 0 Å². The molecule has 0 unspecified atom stereocenters. The Kier molecular flexibility index (Phi) is 2.62. The number of H-pyrrole nitrogens is 1. The quantitative estimate of drug-likeness (QED) is 0.581. The van der Waals surface area contributed by atoms with Gasteiger partial charge < -0.3 is 15.0 Å². The van der Waals surface area contributed by atoms with Crippen LogP contribution in [0.2, 0.25) is 0 Å². The summed E-state index contributed by atoms with van der Waals surface area (Å²) in [6.45, 7) is 0. The molecule has 88 valence electrons. The summed E-state index contributed by atoms with van der Waals surface area (Å²) in [7, 11) is -1.49. The lowest BCUT2D eigenvalue weighted by atomic mass is 9.80. The van der Waals surface area contributed by atoms with Gasteiger partial charge in [0.15, 0.2) is 0 Å². The molecule has 0 atom stereocenters. The van der Waals surface area contributed by atoms with E-state index >= 15 is 0 Å². The van der Waals surface area contributed by atoms with Crippen LogP contribution in [-0.2, 0) is 0 Å². The van der Waals surface area contributed by atoms with Crippen molar-refractivity contribution in [2.45, 2.75) is 0 Å². The topological polar surface area (TPSA) is 69.1 Å². The highest BCUT2D eigenvalue weighted by atomic mass is 16.4. The first-order chi connectivity index (χ1) is 8.75. The van der Waals surface area contributed by atoms with E-state index in [1.54, 1.807) is 12.4 Å². The zero-order chi connectivity index (χ0) is 12.5. The van der Waals surface area contributed by atoms with E-state index in [1.165, 1.54) is 0 Å². The maximum Gasteiger partial charge on any atom is 0.490 e. The molecule has 0 aliphatic heterocycles. The van der Waals surface area contributed by atoms with Crippen molar-refractivity contribution in [1.29, 1.82) is 0 Å². The Morgan fingerprint density at radius 3 is 2.56 bits per heavy atom. The Balaban J connectivity index is 2.18. The van der Waals surface area contributed by atoms with Gasteiger partial charge in [-0.1, -0.05) is 30.3 Å². The fourth-order valence-corrected chi connectivity index (χ4v) is 2.03. The number of aromatic nitrogens is 2. The Hall–Kier alpha value is -2.11. The molecule has 18 heavy (non-hydrogen) atoms. The van der Waals surface area contributed by atoms with E-state index in [9.17, 15) is 10.0 Å². The third-order valence-electron chi connectivity index (χ3n) is 2.95. The SMILES string of the molecule is OB(O)c1c[nH]c2ncc(-c3ccccc3)cc12. The van der Waals surface area contributed by atoms with Crippen molar-refractivity contribution in [3.63, 3.8) is 0 Å². The summed E-state index contributed by atoms with van der Waals surface area (Å²) in [5.74, 6) is 0. The van der Waals surface area contributed by atoms with Crippen LogP contribution < -0.4 is 5.46 Å². The van der Waals surface area contributed by atoms with E-state index < -0.39 is 7.12 Å². The third kappa shape index (κ3) is 1.79. The predicted molar refractivity (Wildman–Crippen MR) is 71.4 cm³/mol. The highest BCUT2D eigenvalue weighted by Gasteiger charge is 2.17. The number of rotatable bonds is 2. The fraction of sp³-hybridized carbons (Fsp3) is 0. The van der Waals surface area contributed by atoms with Crippen LogP contribution in [0.5, 0.6) is 0 Å². The second-order valence-corrected chi connectivity index (χ2v) is 4.10. The molecule has 0 saturated carbocycles. The summed E-state index contributed by atoms with van der Waals surface area (Å²) in [6, 6.07) is 11.8. The first kappa shape index (κ1) is 11.0. The normalized spacial score (nSPS) is 10.8. The zero-order valence-electron chi connectivity index (χ0n) is 9.54. The van der Waals surface area contributed by atoms with Gasteiger partial charge in [0.25, 0.3) is 0 Å². The average molecular weight is 238 g/mol. The van der Waals surface area contributed by atoms with E-state index in [0.29, 0.717) is 11.1 Å². The summed E-state index contributed by atoms with van der Waals surface area (Å²) in [5.41, 5.74) is 3.09. The molecule has 0 saturated heterocycles.